The number of nitrogens with zero attached hydrogens (tertiary/aromatic N) is 2. The molecular weight excluding hydrogens is 400 g/mol. The van der Waals surface area contributed by atoms with E-state index in [1.807, 2.05) is 18.2 Å². The van der Waals surface area contributed by atoms with Gasteiger partial charge < -0.3 is 9.64 Å². The third kappa shape index (κ3) is 3.69. The minimum Gasteiger partial charge on any atom is -0.478 e. The molecule has 0 aromatic heterocycles. The van der Waals surface area contributed by atoms with Crippen molar-refractivity contribution in [3.05, 3.63) is 58.6 Å². The molecule has 0 N–H and O–H groups in total. The number of benzene rings is 2. The van der Waals surface area contributed by atoms with E-state index in [1.165, 1.54) is 9.87 Å². The highest BCUT2D eigenvalue weighted by Gasteiger charge is 2.34. The zero-order valence-electron chi connectivity index (χ0n) is 15.5. The summed E-state index contributed by atoms with van der Waals surface area (Å²) < 4.78 is 31.8. The number of hydrogen-bond acceptors (Lipinski definition) is 4. The van der Waals surface area contributed by atoms with Gasteiger partial charge in [-0.3, -0.25) is 9.10 Å². The second-order valence-electron chi connectivity index (χ2n) is 7.12. The molecule has 0 saturated carbocycles. The highest BCUT2D eigenvalue weighted by molar-refractivity contribution is 7.92. The average molecular weight is 421 g/mol. The summed E-state index contributed by atoms with van der Waals surface area (Å²) in [7, 11) is -3.52. The first kappa shape index (κ1) is 19.1. The first-order valence-corrected chi connectivity index (χ1v) is 11.3. The van der Waals surface area contributed by atoms with E-state index in [0.717, 1.165) is 18.2 Å². The van der Waals surface area contributed by atoms with Crippen LogP contribution in [0.15, 0.2) is 42.5 Å². The molecule has 0 bridgehead atoms. The zero-order valence-corrected chi connectivity index (χ0v) is 17.0. The Morgan fingerprint density at radius 2 is 1.89 bits per heavy atom. The maximum atomic E-state index is 13.2. The molecular formula is C20H21ClN2O4S. The van der Waals surface area contributed by atoms with Gasteiger partial charge in [-0.05, 0) is 35.7 Å². The monoisotopic (exact) mass is 420 g/mol. The van der Waals surface area contributed by atoms with E-state index in [0.29, 0.717) is 29.5 Å². The SMILES string of the molecule is CS(=O)(=O)N1CCC(C(=O)N2CCc3ccccc3C2)Oc2ccc(Cl)cc21. The van der Waals surface area contributed by atoms with E-state index < -0.39 is 16.1 Å². The molecule has 2 aliphatic rings. The zero-order chi connectivity index (χ0) is 19.9. The Kier molecular flexibility index (Phi) is 4.97. The third-order valence-electron chi connectivity index (χ3n) is 5.17. The van der Waals surface area contributed by atoms with Gasteiger partial charge in [-0.25, -0.2) is 8.42 Å². The van der Waals surface area contributed by atoms with Crippen LogP contribution in [0.2, 0.25) is 5.02 Å². The topological polar surface area (TPSA) is 66.9 Å². The van der Waals surface area contributed by atoms with Crippen molar-refractivity contribution in [2.75, 3.05) is 23.7 Å². The molecule has 2 aromatic rings. The van der Waals surface area contributed by atoms with Crippen LogP contribution in [0.3, 0.4) is 0 Å². The van der Waals surface area contributed by atoms with Gasteiger partial charge in [0, 0.05) is 31.1 Å². The minimum absolute atomic E-state index is 0.120. The van der Waals surface area contributed by atoms with Crippen LogP contribution in [0, 0.1) is 0 Å². The lowest BCUT2D eigenvalue weighted by Crippen LogP contribution is -2.45. The van der Waals surface area contributed by atoms with Gasteiger partial charge in [0.15, 0.2) is 6.10 Å². The predicted octanol–water partition coefficient (Wildman–Crippen LogP) is 2.84. The molecule has 0 radical (unpaired) electrons. The molecule has 2 aliphatic heterocycles. The van der Waals surface area contributed by atoms with Crippen molar-refractivity contribution in [2.45, 2.75) is 25.5 Å². The van der Waals surface area contributed by atoms with Crippen molar-refractivity contribution in [1.29, 1.82) is 0 Å². The van der Waals surface area contributed by atoms with Crippen molar-refractivity contribution < 1.29 is 17.9 Å². The van der Waals surface area contributed by atoms with Gasteiger partial charge in [-0.15, -0.1) is 0 Å². The van der Waals surface area contributed by atoms with Gasteiger partial charge in [-0.1, -0.05) is 35.9 Å². The fourth-order valence-corrected chi connectivity index (χ4v) is 4.86. The second kappa shape index (κ2) is 7.29. The van der Waals surface area contributed by atoms with Crippen molar-refractivity contribution in [2.24, 2.45) is 0 Å². The molecule has 28 heavy (non-hydrogen) atoms. The molecule has 1 unspecified atom stereocenters. The van der Waals surface area contributed by atoms with Crippen molar-refractivity contribution in [3.8, 4) is 5.75 Å². The molecule has 8 heteroatoms. The molecule has 2 aromatic carbocycles. The third-order valence-corrected chi connectivity index (χ3v) is 6.59. The predicted molar refractivity (Wildman–Crippen MR) is 108 cm³/mol. The van der Waals surface area contributed by atoms with Crippen molar-refractivity contribution >= 4 is 33.2 Å². The number of rotatable bonds is 2. The van der Waals surface area contributed by atoms with Crippen LogP contribution in [0.5, 0.6) is 5.75 Å². The lowest BCUT2D eigenvalue weighted by atomic mass is 9.99. The lowest BCUT2D eigenvalue weighted by molar-refractivity contribution is -0.139. The van der Waals surface area contributed by atoms with Crippen molar-refractivity contribution in [3.63, 3.8) is 0 Å². The summed E-state index contributed by atoms with van der Waals surface area (Å²) in [6, 6.07) is 12.9. The molecule has 1 amide bonds. The standard InChI is InChI=1S/C20H21ClN2O4S/c1-28(25,26)23-11-9-19(27-18-7-6-16(21)12-17(18)23)20(24)22-10-8-14-4-2-3-5-15(14)13-22/h2-7,12,19H,8-11,13H2,1H3. The quantitative estimate of drug-likeness (QED) is 0.749. The van der Waals surface area contributed by atoms with E-state index in [-0.39, 0.29) is 18.9 Å². The Labute approximate surface area is 169 Å². The van der Waals surface area contributed by atoms with E-state index >= 15 is 0 Å². The van der Waals surface area contributed by atoms with E-state index in [1.54, 1.807) is 23.1 Å². The average Bonchev–Trinajstić information content (AvgIpc) is 2.86. The number of hydrogen-bond donors (Lipinski definition) is 0. The first-order chi connectivity index (χ1) is 13.3. The molecule has 4 rings (SSSR count). The summed E-state index contributed by atoms with van der Waals surface area (Å²) in [5, 5.41) is 0.411. The minimum atomic E-state index is -3.52. The maximum Gasteiger partial charge on any atom is 0.264 e. The Bertz CT molecular complexity index is 1020. The summed E-state index contributed by atoms with van der Waals surface area (Å²) in [4.78, 5) is 14.9. The highest BCUT2D eigenvalue weighted by Crippen LogP contribution is 2.36. The van der Waals surface area contributed by atoms with E-state index in [2.05, 4.69) is 6.07 Å². The van der Waals surface area contributed by atoms with Crippen LogP contribution < -0.4 is 9.04 Å². The normalized spacial score (nSPS) is 19.3. The molecule has 0 spiro atoms. The van der Waals surface area contributed by atoms with Crippen LogP contribution in [-0.2, 0) is 27.8 Å². The Hall–Kier alpha value is -2.25. The molecule has 1 atom stereocenters. The first-order valence-electron chi connectivity index (χ1n) is 9.12. The molecule has 2 heterocycles. The number of carbonyl (C=O) groups excluding carboxylic acids is 1. The van der Waals surface area contributed by atoms with Crippen molar-refractivity contribution in [1.82, 2.24) is 4.90 Å². The van der Waals surface area contributed by atoms with Crippen LogP contribution >= 0.6 is 11.6 Å². The van der Waals surface area contributed by atoms with Gasteiger partial charge in [-0.2, -0.15) is 0 Å². The number of carbonyl (C=O) groups is 1. The molecule has 0 aliphatic carbocycles. The maximum absolute atomic E-state index is 13.2. The highest BCUT2D eigenvalue weighted by atomic mass is 35.5. The summed E-state index contributed by atoms with van der Waals surface area (Å²) in [6.45, 7) is 1.32. The van der Waals surface area contributed by atoms with Crippen LogP contribution in [0.1, 0.15) is 17.5 Å². The second-order valence-corrected chi connectivity index (χ2v) is 9.46. The van der Waals surface area contributed by atoms with E-state index in [4.69, 9.17) is 16.3 Å². The molecule has 148 valence electrons. The van der Waals surface area contributed by atoms with Gasteiger partial charge in [0.1, 0.15) is 5.75 Å². The lowest BCUT2D eigenvalue weighted by Gasteiger charge is -2.31. The van der Waals surface area contributed by atoms with Gasteiger partial charge in [0.05, 0.1) is 11.9 Å². The fourth-order valence-electron chi connectivity index (χ4n) is 3.76. The van der Waals surface area contributed by atoms with Crippen LogP contribution in [0.25, 0.3) is 0 Å². The molecule has 0 saturated heterocycles. The summed E-state index contributed by atoms with van der Waals surface area (Å²) in [5.41, 5.74) is 2.77. The van der Waals surface area contributed by atoms with Crippen LogP contribution in [0.4, 0.5) is 5.69 Å². The Morgan fingerprint density at radius 3 is 2.64 bits per heavy atom. The largest absolute Gasteiger partial charge is 0.478 e. The number of sulfonamides is 1. The van der Waals surface area contributed by atoms with Gasteiger partial charge in [0.2, 0.25) is 10.0 Å². The molecule has 6 nitrogen and oxygen atoms in total. The van der Waals surface area contributed by atoms with E-state index in [9.17, 15) is 13.2 Å². The Balaban J connectivity index is 1.60. The summed E-state index contributed by atoms with van der Waals surface area (Å²) in [5.74, 6) is 0.230. The fraction of sp³-hybridized carbons (Fsp3) is 0.350. The number of anilines is 1. The smallest absolute Gasteiger partial charge is 0.264 e. The molecule has 0 fully saturated rings. The van der Waals surface area contributed by atoms with Gasteiger partial charge in [0.25, 0.3) is 5.91 Å². The summed E-state index contributed by atoms with van der Waals surface area (Å²) in [6.07, 6.45) is 1.48. The number of amides is 1. The summed E-state index contributed by atoms with van der Waals surface area (Å²) >= 11 is 6.06. The van der Waals surface area contributed by atoms with Crippen LogP contribution in [-0.4, -0.2) is 44.7 Å². The van der Waals surface area contributed by atoms with Gasteiger partial charge >= 0.3 is 0 Å². The number of fused-ring (bicyclic) bond motifs is 2. The Morgan fingerprint density at radius 1 is 1.14 bits per heavy atom. The number of ether oxygens (including phenoxy) is 1. The number of halogens is 1.